The van der Waals surface area contributed by atoms with Crippen molar-refractivity contribution in [3.63, 3.8) is 0 Å². The largest absolute Gasteiger partial charge is 0.367 e. The molecular weight excluding hydrogens is 1100 g/mol. The summed E-state index contributed by atoms with van der Waals surface area (Å²) in [7, 11) is 0. The number of alkyl halides is 3. The van der Waals surface area contributed by atoms with Crippen LogP contribution < -0.4 is 21.3 Å². The van der Waals surface area contributed by atoms with Crippen LogP contribution in [0.15, 0.2) is 212 Å². The highest BCUT2D eigenvalue weighted by Gasteiger charge is 2.37. The Labute approximate surface area is 493 Å². The van der Waals surface area contributed by atoms with Gasteiger partial charge in [-0.2, -0.15) is 0 Å². The molecule has 406 valence electrons. The quantitative estimate of drug-likeness (QED) is 0.0443. The molecule has 5 heterocycles. The van der Waals surface area contributed by atoms with Crippen molar-refractivity contribution in [2.45, 2.75) is 5.54 Å². The molecule has 0 aliphatic carbocycles. The minimum atomic E-state index is -0.904. The maximum Gasteiger partial charge on any atom is 0.239 e. The van der Waals surface area contributed by atoms with E-state index in [-0.39, 0.29) is 35.4 Å². The first-order chi connectivity index (χ1) is 40.7. The lowest BCUT2D eigenvalue weighted by Gasteiger charge is -2.38. The fourth-order valence-electron chi connectivity index (χ4n) is 11.1. The van der Waals surface area contributed by atoms with E-state index in [2.05, 4.69) is 116 Å². The average molecular weight is 1150 g/mol. The van der Waals surface area contributed by atoms with E-state index in [0.29, 0.717) is 89.8 Å². The van der Waals surface area contributed by atoms with Crippen LogP contribution in [0.5, 0.6) is 0 Å². The van der Waals surface area contributed by atoms with Crippen LogP contribution in [0.4, 0.5) is 22.7 Å². The molecule has 0 unspecified atom stereocenters. The Morgan fingerprint density at radius 2 is 0.590 bits per heavy atom. The summed E-state index contributed by atoms with van der Waals surface area (Å²) in [5.41, 5.74) is 15.3. The number of hydrogen-bond donors (Lipinski definition) is 6. The Morgan fingerprint density at radius 1 is 0.337 bits per heavy atom. The number of anilines is 4. The third kappa shape index (κ3) is 10.6. The molecule has 3 aromatic heterocycles. The van der Waals surface area contributed by atoms with Crippen LogP contribution in [0.1, 0.15) is 39.5 Å². The van der Waals surface area contributed by atoms with Gasteiger partial charge in [0.05, 0.1) is 22.8 Å². The number of aromatic nitrogens is 4. The summed E-state index contributed by atoms with van der Waals surface area (Å²) in [6.07, 6.45) is 7.90. The lowest BCUT2D eigenvalue weighted by atomic mass is 9.76. The second-order valence-corrected chi connectivity index (χ2v) is 20.5. The number of amides is 3. The van der Waals surface area contributed by atoms with Crippen LogP contribution >= 0.6 is 34.8 Å². The van der Waals surface area contributed by atoms with Crippen molar-refractivity contribution in [1.29, 1.82) is 0 Å². The summed E-state index contributed by atoms with van der Waals surface area (Å²) in [5.74, 6) is -1.89. The van der Waals surface area contributed by atoms with E-state index in [0.717, 1.165) is 39.0 Å². The summed E-state index contributed by atoms with van der Waals surface area (Å²) in [5, 5.41) is 13.2. The molecule has 0 fully saturated rings. The highest BCUT2D eigenvalue weighted by molar-refractivity contribution is 6.30. The van der Waals surface area contributed by atoms with E-state index in [9.17, 15) is 14.4 Å². The number of carbonyl (C=O) groups excluding carboxylic acids is 3. The summed E-state index contributed by atoms with van der Waals surface area (Å²) in [6, 6.07) is 70.3. The molecule has 14 heteroatoms. The van der Waals surface area contributed by atoms with E-state index in [1.807, 2.05) is 152 Å². The van der Waals surface area contributed by atoms with E-state index >= 15 is 0 Å². The zero-order valence-corrected chi connectivity index (χ0v) is 46.7. The molecule has 0 atom stereocenters. The number of H-pyrrole nitrogens is 2. The van der Waals surface area contributed by atoms with Crippen LogP contribution in [0.25, 0.3) is 90.9 Å². The van der Waals surface area contributed by atoms with E-state index < -0.39 is 5.54 Å². The lowest BCUT2D eigenvalue weighted by Crippen LogP contribution is -2.38. The van der Waals surface area contributed by atoms with Crippen LogP contribution in [0, 0.1) is 0 Å². The van der Waals surface area contributed by atoms with Crippen molar-refractivity contribution in [3.8, 4) is 44.5 Å². The number of aromatic amines is 2. The lowest BCUT2D eigenvalue weighted by molar-refractivity contribution is -0.114. The minimum absolute atomic E-state index is 0.251. The van der Waals surface area contributed by atoms with Crippen LogP contribution in [-0.4, -0.2) is 55.3 Å². The number of benzene rings is 7. The molecule has 7 aromatic carbocycles. The molecule has 0 spiro atoms. The van der Waals surface area contributed by atoms with Gasteiger partial charge in [0, 0.05) is 89.3 Å². The third-order valence-electron chi connectivity index (χ3n) is 14.7. The number of carbonyl (C=O) groups is 3. The van der Waals surface area contributed by atoms with Crippen molar-refractivity contribution < 1.29 is 14.4 Å². The van der Waals surface area contributed by atoms with Gasteiger partial charge in [-0.1, -0.05) is 164 Å². The predicted octanol–water partition coefficient (Wildman–Crippen LogP) is 16.3. The van der Waals surface area contributed by atoms with Gasteiger partial charge in [-0.3, -0.25) is 14.4 Å². The van der Waals surface area contributed by atoms with E-state index in [1.165, 1.54) is 0 Å². The number of halogens is 3. The maximum absolute atomic E-state index is 13.2. The summed E-state index contributed by atoms with van der Waals surface area (Å²) in [4.78, 5) is 58.2. The predicted molar refractivity (Wildman–Crippen MR) is 341 cm³/mol. The highest BCUT2D eigenvalue weighted by Crippen LogP contribution is 2.46. The van der Waals surface area contributed by atoms with Crippen LogP contribution in [0.2, 0.25) is 0 Å². The van der Waals surface area contributed by atoms with Gasteiger partial charge in [0.25, 0.3) is 0 Å². The van der Waals surface area contributed by atoms with Crippen molar-refractivity contribution in [2.24, 2.45) is 0 Å². The molecule has 0 saturated carbocycles. The zero-order valence-electron chi connectivity index (χ0n) is 44.4. The van der Waals surface area contributed by atoms with Crippen molar-refractivity contribution in [2.75, 3.05) is 38.9 Å². The van der Waals surface area contributed by atoms with Gasteiger partial charge in [-0.05, 0) is 89.5 Å². The fourth-order valence-corrected chi connectivity index (χ4v) is 11.3. The normalized spacial score (nSPS) is 11.7. The van der Waals surface area contributed by atoms with Crippen LogP contribution in [-0.2, 0) is 19.9 Å². The molecule has 0 saturated heterocycles. The smallest absolute Gasteiger partial charge is 0.239 e. The first-order valence-electron chi connectivity index (χ1n) is 26.8. The molecular formula is C69H51Cl3N8O3. The molecule has 6 N–H and O–H groups in total. The second-order valence-electron chi connectivity index (χ2n) is 19.7. The number of nitrogens with one attached hydrogen (secondary N) is 6. The van der Waals surface area contributed by atoms with Crippen molar-refractivity contribution >= 4 is 122 Å². The molecule has 2 aliphatic rings. The van der Waals surface area contributed by atoms with Crippen molar-refractivity contribution in [3.05, 3.63) is 252 Å². The fraction of sp³-hybridized carbons (Fsp3) is 0.0580. The Bertz CT molecular complexity index is 4210. The highest BCUT2D eigenvalue weighted by atomic mass is 35.5. The summed E-state index contributed by atoms with van der Waals surface area (Å²) < 4.78 is 0. The Kier molecular flexibility index (Phi) is 15.4. The van der Waals surface area contributed by atoms with Gasteiger partial charge in [-0.25, -0.2) is 9.97 Å². The monoisotopic (exact) mass is 1140 g/mol. The van der Waals surface area contributed by atoms with Gasteiger partial charge in [-0.15, -0.1) is 34.8 Å². The number of hydrogen-bond acceptors (Lipinski definition) is 6. The van der Waals surface area contributed by atoms with E-state index in [1.54, 1.807) is 0 Å². The van der Waals surface area contributed by atoms with Gasteiger partial charge in [0.2, 0.25) is 17.7 Å². The number of fused-ring (bicyclic) bond motifs is 8. The third-order valence-corrected chi connectivity index (χ3v) is 15.4. The first-order valence-corrected chi connectivity index (χ1v) is 28.4. The molecule has 11 nitrogen and oxygen atoms in total. The minimum Gasteiger partial charge on any atom is -0.367 e. The maximum atomic E-state index is 13.2. The second kappa shape index (κ2) is 23.7. The Hall–Kier alpha value is -9.78. The Balaban J connectivity index is 1.23. The Morgan fingerprint density at radius 3 is 0.880 bits per heavy atom. The van der Waals surface area contributed by atoms with Crippen LogP contribution in [0.3, 0.4) is 0 Å². The summed E-state index contributed by atoms with van der Waals surface area (Å²) in [6.45, 7) is 0. The molecule has 83 heavy (non-hydrogen) atoms. The van der Waals surface area contributed by atoms with Gasteiger partial charge in [0.1, 0.15) is 23.2 Å². The number of nitrogens with zero attached hydrogens (tertiary/aromatic N) is 2. The van der Waals surface area contributed by atoms with E-state index in [4.69, 9.17) is 44.8 Å². The number of rotatable bonds is 15. The molecule has 0 radical (unpaired) electrons. The zero-order chi connectivity index (χ0) is 56.9. The molecule has 12 rings (SSSR count). The molecule has 2 aliphatic heterocycles. The standard InChI is InChI=1S/C69H51Cl3N8O3/c70-40-62(81)77-50-28-14-10-24-46(50)65-54-32-34-56(73-54)66(47-25-11-15-29-51(47)78-63(82)41-71)58-36-38-60(75-58)68(61-39-37-59(76-61)67(57-35-33-55(65)74-57)48-26-12-16-30-52(48)79-64(83)42-72)49-27-13-17-31-53(49)80-69(43-18-4-1-5-19-43,44-20-6-2-7-21-44)45-22-8-3-9-23-45/h1-39,73,76,80H,40-42H2,(H,77,81)(H,78,82)(H,79,83). The number of para-hydroxylation sites is 4. The molecule has 8 bridgehead atoms. The summed E-state index contributed by atoms with van der Waals surface area (Å²) >= 11 is 18.4. The average Bonchev–Trinajstić information content (AvgIpc) is 4.58. The molecule has 10 aromatic rings. The SMILES string of the molecule is O=C(CCl)Nc1ccccc1-c1c2nc(c(-c3ccccc3NC(=O)CCl)c3ccc([nH]3)c(-c3ccccc3NC(c3ccccc3)(c3ccccc3)c3ccccc3)c3nc(c(-c4ccccc4NC(=O)CCl)c4ccc1[nH]4)C=C3)C=C2. The van der Waals surface area contributed by atoms with Gasteiger partial charge >= 0.3 is 0 Å². The topological polar surface area (TPSA) is 157 Å². The van der Waals surface area contributed by atoms with Gasteiger partial charge in [0.15, 0.2) is 0 Å². The van der Waals surface area contributed by atoms with Crippen molar-refractivity contribution in [1.82, 2.24) is 19.9 Å². The van der Waals surface area contributed by atoms with Gasteiger partial charge < -0.3 is 31.2 Å². The first kappa shape index (κ1) is 53.8. The molecule has 3 amide bonds.